The monoisotopic (exact) mass is 572 g/mol. The number of allylic oxidation sites excluding steroid dienone is 4. The number of oxazole rings is 1. The predicted octanol–water partition coefficient (Wildman–Crippen LogP) is 5.88. The molecule has 1 N–H and O–H groups in total. The van der Waals surface area contributed by atoms with Crippen LogP contribution in [0, 0.1) is 11.3 Å². The lowest BCUT2D eigenvalue weighted by Gasteiger charge is -2.17. The Morgan fingerprint density at radius 2 is 1.77 bits per heavy atom. The molecule has 0 unspecified atom stereocenters. The Morgan fingerprint density at radius 3 is 2.53 bits per heavy atom. The third kappa shape index (κ3) is 5.42. The van der Waals surface area contributed by atoms with Gasteiger partial charge < -0.3 is 23.9 Å². The average Bonchev–Trinajstić information content (AvgIpc) is 3.58. The average molecular weight is 573 g/mol. The number of hydrogen-bond acceptors (Lipinski definition) is 7. The first-order valence-electron chi connectivity index (χ1n) is 13.7. The molecule has 2 heterocycles. The molecule has 0 radical (unpaired) electrons. The lowest BCUT2D eigenvalue weighted by atomic mass is 10.1. The van der Waals surface area contributed by atoms with Crippen molar-refractivity contribution in [1.82, 2.24) is 0 Å². The number of rotatable bonds is 10. The molecule has 4 aromatic carbocycles. The predicted molar refractivity (Wildman–Crippen MR) is 161 cm³/mol. The van der Waals surface area contributed by atoms with Crippen LogP contribution in [0.5, 0.6) is 5.75 Å². The van der Waals surface area contributed by atoms with Crippen molar-refractivity contribution in [2.75, 3.05) is 18.1 Å². The number of anilines is 1. The topological polar surface area (TPSA) is 117 Å². The Hall–Kier alpha value is -5.88. The van der Waals surface area contributed by atoms with Gasteiger partial charge in [-0.2, -0.15) is 9.83 Å². The highest BCUT2D eigenvalue weighted by Crippen LogP contribution is 2.44. The van der Waals surface area contributed by atoms with Crippen molar-refractivity contribution in [2.24, 2.45) is 0 Å². The van der Waals surface area contributed by atoms with E-state index >= 15 is 0 Å². The second-order valence-electron chi connectivity index (χ2n) is 9.80. The van der Waals surface area contributed by atoms with Crippen molar-refractivity contribution in [3.63, 3.8) is 0 Å². The molecular weight excluding hydrogens is 546 g/mol. The number of ether oxygens (including phenoxy) is 2. The Morgan fingerprint density at radius 1 is 1.02 bits per heavy atom. The summed E-state index contributed by atoms with van der Waals surface area (Å²) in [6.07, 6.45) is 6.52. The van der Waals surface area contributed by atoms with Crippen LogP contribution in [0.1, 0.15) is 12.3 Å². The van der Waals surface area contributed by atoms with Crippen LogP contribution in [0.15, 0.2) is 107 Å². The summed E-state index contributed by atoms with van der Waals surface area (Å²) in [7, 11) is 0. The standard InChI is InChI=1S/C34H25N3O6/c35-21-23(9-15-30-36(18-17-32(39)40)28-13-11-24-5-1-3-7-26(24)33(28)42-30)10-16-31-37(19-20-41-22-38)29-14-12-25-6-2-4-8-27(25)34(29)43-31/h1-16,22H,17-20H2/p+1. The quantitative estimate of drug-likeness (QED) is 0.0725. The van der Waals surface area contributed by atoms with Crippen LogP contribution in [-0.2, 0) is 20.9 Å². The number of nitriles is 1. The number of hydrogen-bond donors (Lipinski definition) is 1. The Balaban J connectivity index is 1.35. The van der Waals surface area contributed by atoms with E-state index in [9.17, 15) is 20.0 Å². The highest BCUT2D eigenvalue weighted by Gasteiger charge is 2.28. The minimum absolute atomic E-state index is 0.0871. The van der Waals surface area contributed by atoms with E-state index < -0.39 is 5.97 Å². The largest absolute Gasteiger partial charge is 0.481 e. The van der Waals surface area contributed by atoms with Gasteiger partial charge in [-0.05, 0) is 35.1 Å². The number of nitrogens with zero attached hydrogens (tertiary/aromatic N) is 3. The van der Waals surface area contributed by atoms with E-state index in [1.807, 2.05) is 77.7 Å². The molecule has 9 nitrogen and oxygen atoms in total. The van der Waals surface area contributed by atoms with E-state index in [1.54, 1.807) is 28.9 Å². The van der Waals surface area contributed by atoms with Gasteiger partial charge in [0.1, 0.15) is 13.0 Å². The second-order valence-corrected chi connectivity index (χ2v) is 9.80. The molecule has 0 saturated carbocycles. The molecule has 43 heavy (non-hydrogen) atoms. The summed E-state index contributed by atoms with van der Waals surface area (Å²) in [4.78, 5) is 24.0. The molecule has 1 aliphatic heterocycles. The lowest BCUT2D eigenvalue weighted by Crippen LogP contribution is -2.36. The first kappa shape index (κ1) is 27.3. The molecule has 0 atom stereocenters. The summed E-state index contributed by atoms with van der Waals surface area (Å²) in [5.74, 6) is 0.667. The van der Waals surface area contributed by atoms with Gasteiger partial charge in [-0.25, -0.2) is 0 Å². The number of aromatic nitrogens is 1. The molecule has 0 bridgehead atoms. The number of carbonyl (C=O) groups is 2. The van der Waals surface area contributed by atoms with E-state index in [0.29, 0.717) is 41.7 Å². The Kier molecular flexibility index (Phi) is 7.57. The summed E-state index contributed by atoms with van der Waals surface area (Å²) >= 11 is 0. The number of fused-ring (bicyclic) bond motifs is 6. The van der Waals surface area contributed by atoms with Crippen LogP contribution in [0.4, 0.5) is 5.69 Å². The normalized spacial score (nSPS) is 14.0. The van der Waals surface area contributed by atoms with Crippen molar-refractivity contribution in [2.45, 2.75) is 13.0 Å². The Bertz CT molecular complexity index is 2010. The maximum Gasteiger partial charge on any atom is 0.374 e. The number of aliphatic carboxylic acids is 1. The first-order chi connectivity index (χ1) is 21.1. The molecule has 212 valence electrons. The SMILES string of the molecule is N#CC(=C\C=C1/Oc2c(ccc3ccccc23)N1CCOC=O)/C=C/c1oc2c3ccccc3ccc2[n+]1CCC(=O)O. The summed E-state index contributed by atoms with van der Waals surface area (Å²) in [5.41, 5.74) is 2.55. The van der Waals surface area contributed by atoms with Crippen molar-refractivity contribution < 1.29 is 33.2 Å². The number of carbonyl (C=O) groups excluding carboxylic acids is 1. The third-order valence-corrected chi connectivity index (χ3v) is 7.23. The molecule has 6 rings (SSSR count). The highest BCUT2D eigenvalue weighted by atomic mass is 16.5. The molecule has 0 spiro atoms. The van der Waals surface area contributed by atoms with Crippen molar-refractivity contribution in [3.8, 4) is 11.8 Å². The fourth-order valence-electron chi connectivity index (χ4n) is 5.22. The first-order valence-corrected chi connectivity index (χ1v) is 13.7. The molecule has 1 aliphatic rings. The third-order valence-electron chi connectivity index (χ3n) is 7.23. The van der Waals surface area contributed by atoms with Gasteiger partial charge in [0.25, 0.3) is 12.0 Å². The zero-order chi connectivity index (χ0) is 29.8. The summed E-state index contributed by atoms with van der Waals surface area (Å²) in [6.45, 7) is 1.12. The maximum atomic E-state index is 11.4. The number of benzene rings is 4. The minimum Gasteiger partial charge on any atom is -0.481 e. The summed E-state index contributed by atoms with van der Waals surface area (Å²) in [6, 6.07) is 25.7. The van der Waals surface area contributed by atoms with Crippen LogP contribution in [0.2, 0.25) is 0 Å². The van der Waals surface area contributed by atoms with Gasteiger partial charge in [0.15, 0.2) is 12.3 Å². The Labute approximate surface area is 246 Å². The van der Waals surface area contributed by atoms with E-state index in [-0.39, 0.29) is 19.6 Å². The van der Waals surface area contributed by atoms with Crippen LogP contribution in [-0.4, -0.2) is 30.7 Å². The van der Waals surface area contributed by atoms with Gasteiger partial charge in [0.2, 0.25) is 11.5 Å². The molecule has 5 aromatic rings. The summed E-state index contributed by atoms with van der Waals surface area (Å²) in [5, 5.41) is 23.1. The summed E-state index contributed by atoms with van der Waals surface area (Å²) < 4.78 is 19.2. The number of aryl methyl sites for hydroxylation is 1. The molecule has 1 aromatic heterocycles. The number of carboxylic acid groups (broad SMARTS) is 1. The van der Waals surface area contributed by atoms with Gasteiger partial charge in [0, 0.05) is 22.9 Å². The van der Waals surface area contributed by atoms with Crippen molar-refractivity contribution in [3.05, 3.63) is 108 Å². The zero-order valence-corrected chi connectivity index (χ0v) is 23.0. The van der Waals surface area contributed by atoms with E-state index in [2.05, 4.69) is 6.07 Å². The van der Waals surface area contributed by atoms with Crippen LogP contribution < -0.4 is 14.2 Å². The number of carboxylic acids is 1. The van der Waals surface area contributed by atoms with E-state index in [0.717, 1.165) is 32.7 Å². The molecule has 9 heteroatoms. The van der Waals surface area contributed by atoms with E-state index in [4.69, 9.17) is 13.9 Å². The zero-order valence-electron chi connectivity index (χ0n) is 23.0. The van der Waals surface area contributed by atoms with E-state index in [1.165, 1.54) is 0 Å². The molecule has 0 amide bonds. The second kappa shape index (κ2) is 11.9. The minimum atomic E-state index is -0.921. The smallest absolute Gasteiger partial charge is 0.374 e. The van der Waals surface area contributed by atoms with Gasteiger partial charge in [-0.1, -0.05) is 54.6 Å². The maximum absolute atomic E-state index is 11.4. The molecule has 0 saturated heterocycles. The molecule has 0 aliphatic carbocycles. The van der Waals surface area contributed by atoms with Crippen molar-refractivity contribution >= 4 is 56.8 Å². The fourth-order valence-corrected chi connectivity index (χ4v) is 5.22. The van der Waals surface area contributed by atoms with Crippen LogP contribution >= 0.6 is 0 Å². The highest BCUT2D eigenvalue weighted by molar-refractivity contribution is 6.02. The van der Waals surface area contributed by atoms with Crippen LogP contribution in [0.3, 0.4) is 0 Å². The van der Waals surface area contributed by atoms with Crippen molar-refractivity contribution in [1.29, 1.82) is 5.26 Å². The van der Waals surface area contributed by atoms with Gasteiger partial charge in [0.05, 0.1) is 30.0 Å². The van der Waals surface area contributed by atoms with Crippen LogP contribution in [0.25, 0.3) is 38.7 Å². The molecule has 0 fully saturated rings. The molecular formula is C34H26N3O6+. The fraction of sp³-hybridized carbons (Fsp3) is 0.118. The van der Waals surface area contributed by atoms with Gasteiger partial charge in [-0.3, -0.25) is 9.59 Å². The van der Waals surface area contributed by atoms with Gasteiger partial charge in [-0.15, -0.1) is 0 Å². The van der Waals surface area contributed by atoms with Gasteiger partial charge >= 0.3 is 11.9 Å². The lowest BCUT2D eigenvalue weighted by molar-refractivity contribution is -0.676.